The van der Waals surface area contributed by atoms with E-state index in [1.165, 1.54) is 0 Å². The van der Waals surface area contributed by atoms with Crippen molar-refractivity contribution in [1.82, 2.24) is 19.9 Å². The zero-order valence-electron chi connectivity index (χ0n) is 15.6. The number of imidazole rings is 1. The maximum atomic E-state index is 12.5. The molecule has 0 radical (unpaired) electrons. The quantitative estimate of drug-likeness (QED) is 0.632. The van der Waals surface area contributed by atoms with Crippen molar-refractivity contribution >= 4 is 16.9 Å². The lowest BCUT2D eigenvalue weighted by molar-refractivity contribution is 0.0954. The largest absolute Gasteiger partial charge is 0.393 e. The molecule has 1 aliphatic rings. The third-order valence-electron chi connectivity index (χ3n) is 5.46. The number of hydrogen-bond donors (Lipinski definition) is 3. The standard InChI is InChI=1S/C21H24N4O3/c26-17-4-2-16(3-5-17)25-19-6-1-15(13-18(19)24-21(25)28)20(27)23-12-9-14-7-10-22-11-8-14/h1,6-8,10-11,13,16-17,26H,2-5,9,12H2,(H,23,27)(H,24,28). The van der Waals surface area contributed by atoms with Gasteiger partial charge in [-0.05, 0) is 68.0 Å². The fourth-order valence-corrected chi connectivity index (χ4v) is 3.92. The molecule has 3 N–H and O–H groups in total. The van der Waals surface area contributed by atoms with Crippen molar-refractivity contribution < 1.29 is 9.90 Å². The molecular formula is C21H24N4O3. The SMILES string of the molecule is O=C(NCCc1ccncc1)c1ccc2c(c1)[nH]c(=O)n2C1CCC(O)CC1. The molecule has 3 aromatic rings. The number of carbonyl (C=O) groups is 1. The van der Waals surface area contributed by atoms with Crippen LogP contribution in [0.2, 0.25) is 0 Å². The number of aliphatic hydroxyl groups excluding tert-OH is 1. The molecule has 0 unspecified atom stereocenters. The molecule has 7 heteroatoms. The van der Waals surface area contributed by atoms with Crippen molar-refractivity contribution in [2.45, 2.75) is 44.2 Å². The maximum Gasteiger partial charge on any atom is 0.326 e. The second kappa shape index (κ2) is 7.98. The summed E-state index contributed by atoms with van der Waals surface area (Å²) < 4.78 is 1.77. The first-order chi connectivity index (χ1) is 13.6. The minimum atomic E-state index is -0.264. The summed E-state index contributed by atoms with van der Waals surface area (Å²) in [6.07, 6.45) is 6.93. The second-order valence-corrected chi connectivity index (χ2v) is 7.36. The van der Waals surface area contributed by atoms with Crippen LogP contribution in [0.4, 0.5) is 0 Å². The summed E-state index contributed by atoms with van der Waals surface area (Å²) in [5, 5.41) is 12.6. The number of benzene rings is 1. The number of aromatic amines is 1. The molecule has 0 saturated heterocycles. The van der Waals surface area contributed by atoms with Gasteiger partial charge in [0.25, 0.3) is 5.91 Å². The van der Waals surface area contributed by atoms with Gasteiger partial charge >= 0.3 is 5.69 Å². The number of nitrogens with zero attached hydrogens (tertiary/aromatic N) is 2. The van der Waals surface area contributed by atoms with Gasteiger partial charge in [0.05, 0.1) is 17.1 Å². The van der Waals surface area contributed by atoms with Crippen LogP contribution in [-0.2, 0) is 6.42 Å². The Morgan fingerprint density at radius 3 is 2.68 bits per heavy atom. The van der Waals surface area contributed by atoms with E-state index in [0.717, 1.165) is 30.3 Å². The van der Waals surface area contributed by atoms with Gasteiger partial charge in [0.2, 0.25) is 0 Å². The van der Waals surface area contributed by atoms with Gasteiger partial charge in [-0.2, -0.15) is 0 Å². The normalized spacial score (nSPS) is 19.6. The number of aromatic nitrogens is 3. The smallest absolute Gasteiger partial charge is 0.326 e. The Labute approximate surface area is 162 Å². The Balaban J connectivity index is 1.47. The fraction of sp³-hybridized carbons (Fsp3) is 0.381. The number of hydrogen-bond acceptors (Lipinski definition) is 4. The Hall–Kier alpha value is -2.93. The van der Waals surface area contributed by atoms with Crippen molar-refractivity contribution in [3.63, 3.8) is 0 Å². The minimum Gasteiger partial charge on any atom is -0.393 e. The predicted molar refractivity (Wildman–Crippen MR) is 106 cm³/mol. The van der Waals surface area contributed by atoms with Crippen LogP contribution in [0.15, 0.2) is 47.5 Å². The number of aliphatic hydroxyl groups is 1. The highest BCUT2D eigenvalue weighted by molar-refractivity contribution is 5.97. The van der Waals surface area contributed by atoms with Crippen LogP contribution in [0.3, 0.4) is 0 Å². The van der Waals surface area contributed by atoms with E-state index in [1.807, 2.05) is 18.2 Å². The molecule has 1 amide bonds. The van der Waals surface area contributed by atoms with E-state index in [-0.39, 0.29) is 23.7 Å². The number of carbonyl (C=O) groups excluding carboxylic acids is 1. The first-order valence-electron chi connectivity index (χ1n) is 9.71. The molecule has 0 aliphatic heterocycles. The van der Waals surface area contributed by atoms with Crippen LogP contribution < -0.4 is 11.0 Å². The van der Waals surface area contributed by atoms with Crippen LogP contribution in [-0.4, -0.2) is 38.2 Å². The van der Waals surface area contributed by atoms with E-state index in [2.05, 4.69) is 15.3 Å². The summed E-state index contributed by atoms with van der Waals surface area (Å²) in [5.41, 5.74) is 2.95. The van der Waals surface area contributed by atoms with Gasteiger partial charge in [-0.15, -0.1) is 0 Å². The molecule has 1 aliphatic carbocycles. The van der Waals surface area contributed by atoms with Gasteiger partial charge < -0.3 is 15.4 Å². The first-order valence-corrected chi connectivity index (χ1v) is 9.71. The zero-order valence-corrected chi connectivity index (χ0v) is 15.6. The molecule has 2 heterocycles. The number of pyridine rings is 1. The van der Waals surface area contributed by atoms with Gasteiger partial charge in [0.15, 0.2) is 0 Å². The van der Waals surface area contributed by atoms with E-state index >= 15 is 0 Å². The van der Waals surface area contributed by atoms with Gasteiger partial charge in [0.1, 0.15) is 0 Å². The molecule has 0 spiro atoms. The van der Waals surface area contributed by atoms with Crippen molar-refractivity contribution in [3.8, 4) is 0 Å². The first kappa shape index (κ1) is 18.4. The van der Waals surface area contributed by atoms with Crippen molar-refractivity contribution in [2.75, 3.05) is 6.54 Å². The highest BCUT2D eigenvalue weighted by atomic mass is 16.3. The van der Waals surface area contributed by atoms with Crippen LogP contribution in [0.1, 0.15) is 47.6 Å². The molecule has 2 aromatic heterocycles. The summed E-state index contributed by atoms with van der Waals surface area (Å²) in [5.74, 6) is -0.162. The molecule has 0 bridgehead atoms. The Morgan fingerprint density at radius 2 is 1.93 bits per heavy atom. The van der Waals surface area contributed by atoms with E-state index in [1.54, 1.807) is 29.1 Å². The summed E-state index contributed by atoms with van der Waals surface area (Å²) in [7, 11) is 0. The van der Waals surface area contributed by atoms with E-state index in [0.29, 0.717) is 30.5 Å². The Morgan fingerprint density at radius 1 is 1.18 bits per heavy atom. The van der Waals surface area contributed by atoms with E-state index in [4.69, 9.17) is 0 Å². The van der Waals surface area contributed by atoms with Crippen molar-refractivity contribution in [3.05, 3.63) is 64.3 Å². The highest BCUT2D eigenvalue weighted by Crippen LogP contribution is 2.29. The van der Waals surface area contributed by atoms with Gasteiger partial charge in [-0.3, -0.25) is 14.3 Å². The van der Waals surface area contributed by atoms with Crippen LogP contribution >= 0.6 is 0 Å². The molecule has 146 valence electrons. The third-order valence-corrected chi connectivity index (χ3v) is 5.46. The molecule has 7 nitrogen and oxygen atoms in total. The molecule has 1 fully saturated rings. The number of H-pyrrole nitrogens is 1. The average Bonchev–Trinajstić information content (AvgIpc) is 3.04. The van der Waals surface area contributed by atoms with E-state index in [9.17, 15) is 14.7 Å². The number of rotatable bonds is 5. The molecule has 1 saturated carbocycles. The van der Waals surface area contributed by atoms with Crippen LogP contribution in [0.25, 0.3) is 11.0 Å². The van der Waals surface area contributed by atoms with Gasteiger partial charge in [0, 0.05) is 30.5 Å². The predicted octanol–water partition coefficient (Wildman–Crippen LogP) is 2.17. The molecule has 1 aromatic carbocycles. The van der Waals surface area contributed by atoms with Crippen molar-refractivity contribution in [2.24, 2.45) is 0 Å². The monoisotopic (exact) mass is 380 g/mol. The highest BCUT2D eigenvalue weighted by Gasteiger charge is 2.24. The lowest BCUT2D eigenvalue weighted by atomic mass is 9.93. The fourth-order valence-electron chi connectivity index (χ4n) is 3.92. The van der Waals surface area contributed by atoms with Crippen LogP contribution in [0.5, 0.6) is 0 Å². The van der Waals surface area contributed by atoms with Gasteiger partial charge in [-0.25, -0.2) is 4.79 Å². The van der Waals surface area contributed by atoms with Crippen LogP contribution in [0, 0.1) is 0 Å². The lowest BCUT2D eigenvalue weighted by Crippen LogP contribution is -2.27. The van der Waals surface area contributed by atoms with Gasteiger partial charge in [-0.1, -0.05) is 0 Å². The molecule has 28 heavy (non-hydrogen) atoms. The minimum absolute atomic E-state index is 0.0877. The topological polar surface area (TPSA) is 100 Å². The number of amides is 1. The zero-order chi connectivity index (χ0) is 19.5. The lowest BCUT2D eigenvalue weighted by Gasteiger charge is -2.26. The third kappa shape index (κ3) is 3.84. The number of nitrogens with one attached hydrogen (secondary N) is 2. The Bertz CT molecular complexity index is 1020. The van der Waals surface area contributed by atoms with E-state index < -0.39 is 0 Å². The maximum absolute atomic E-state index is 12.5. The molecule has 0 atom stereocenters. The summed E-state index contributed by atoms with van der Waals surface area (Å²) >= 11 is 0. The summed E-state index contributed by atoms with van der Waals surface area (Å²) in [4.78, 5) is 31.8. The molecule has 4 rings (SSSR count). The summed E-state index contributed by atoms with van der Waals surface area (Å²) in [6, 6.07) is 9.25. The number of fused-ring (bicyclic) bond motifs is 1. The van der Waals surface area contributed by atoms with Crippen molar-refractivity contribution in [1.29, 1.82) is 0 Å². The molecular weight excluding hydrogens is 356 g/mol. The Kier molecular flexibility index (Phi) is 5.25. The second-order valence-electron chi connectivity index (χ2n) is 7.36. The average molecular weight is 380 g/mol. The summed E-state index contributed by atoms with van der Waals surface area (Å²) in [6.45, 7) is 0.531.